The molecule has 0 amide bonds. The molecule has 2 aromatic rings. The zero-order chi connectivity index (χ0) is 23.3. The first-order chi connectivity index (χ1) is 15.3. The molecule has 0 fully saturated rings. The largest absolute Gasteiger partial charge is 0.506 e. The molecule has 1 aliphatic rings. The van der Waals surface area contributed by atoms with Gasteiger partial charge in [-0.25, -0.2) is 0 Å². The fourth-order valence-electron chi connectivity index (χ4n) is 3.58. The van der Waals surface area contributed by atoms with Crippen molar-refractivity contribution in [2.45, 2.75) is 39.2 Å². The van der Waals surface area contributed by atoms with Gasteiger partial charge >= 0.3 is 0 Å². The zero-order valence-electron chi connectivity index (χ0n) is 19.3. The standard InChI is InChI=1S/C27H30O5/c1-18(2)7-6-15-27(3)16-14-21-23(32-27)13-10-20(26(21)29)22(28)11-8-19-9-12-24(30-4)25(17-19)31-5/h7-14,16-17,29H,6,15H2,1-5H3/b11-8+. The fourth-order valence-corrected chi connectivity index (χ4v) is 3.58. The molecular weight excluding hydrogens is 404 g/mol. The Morgan fingerprint density at radius 3 is 2.56 bits per heavy atom. The highest BCUT2D eigenvalue weighted by atomic mass is 16.5. The Hall–Kier alpha value is -3.47. The summed E-state index contributed by atoms with van der Waals surface area (Å²) in [6.07, 6.45) is 10.8. The summed E-state index contributed by atoms with van der Waals surface area (Å²) in [7, 11) is 3.13. The molecule has 2 aromatic carbocycles. The Kier molecular flexibility index (Phi) is 7.08. The number of methoxy groups -OCH3 is 2. The Balaban J connectivity index is 1.78. The molecule has 0 saturated carbocycles. The van der Waals surface area contributed by atoms with E-state index in [1.165, 1.54) is 11.6 Å². The average Bonchev–Trinajstić information content (AvgIpc) is 2.77. The molecule has 0 aliphatic carbocycles. The van der Waals surface area contributed by atoms with Crippen LogP contribution in [0.5, 0.6) is 23.0 Å². The normalized spacial score (nSPS) is 16.9. The number of ether oxygens (including phenoxy) is 3. The number of phenols is 1. The molecule has 0 spiro atoms. The third kappa shape index (κ3) is 5.22. The summed E-state index contributed by atoms with van der Waals surface area (Å²) < 4.78 is 16.7. The van der Waals surface area contributed by atoms with Gasteiger partial charge in [0, 0.05) is 0 Å². The maximum Gasteiger partial charge on any atom is 0.189 e. The summed E-state index contributed by atoms with van der Waals surface area (Å²) in [5.74, 6) is 1.39. The molecule has 3 rings (SSSR count). The lowest BCUT2D eigenvalue weighted by atomic mass is 9.93. The number of carbonyl (C=O) groups is 1. The fraction of sp³-hybridized carbons (Fsp3) is 0.296. The maximum absolute atomic E-state index is 12.8. The van der Waals surface area contributed by atoms with Crippen LogP contribution >= 0.6 is 0 Å². The first kappa shape index (κ1) is 23.2. The third-order valence-electron chi connectivity index (χ3n) is 5.42. The first-order valence-electron chi connectivity index (χ1n) is 10.6. The molecule has 0 saturated heterocycles. The number of aromatic hydroxyl groups is 1. The second-order valence-electron chi connectivity index (χ2n) is 8.25. The lowest BCUT2D eigenvalue weighted by Gasteiger charge is -2.32. The van der Waals surface area contributed by atoms with E-state index in [1.54, 1.807) is 44.6 Å². The second kappa shape index (κ2) is 9.77. The van der Waals surface area contributed by atoms with Gasteiger partial charge in [-0.2, -0.15) is 0 Å². The SMILES string of the molecule is COc1ccc(/C=C/C(=O)c2ccc3c(c2O)C=CC(C)(CCC=C(C)C)O3)cc1OC. The number of carbonyl (C=O) groups excluding carboxylic acids is 1. The molecule has 0 aromatic heterocycles. The average molecular weight is 435 g/mol. The van der Waals surface area contributed by atoms with Crippen molar-refractivity contribution < 1.29 is 24.1 Å². The van der Waals surface area contributed by atoms with Gasteiger partial charge in [0.1, 0.15) is 17.1 Å². The Morgan fingerprint density at radius 1 is 1.12 bits per heavy atom. The van der Waals surface area contributed by atoms with Crippen molar-refractivity contribution in [3.8, 4) is 23.0 Å². The summed E-state index contributed by atoms with van der Waals surface area (Å²) in [5.41, 5.74) is 2.35. The minimum Gasteiger partial charge on any atom is -0.506 e. The smallest absolute Gasteiger partial charge is 0.189 e. The second-order valence-corrected chi connectivity index (χ2v) is 8.25. The van der Waals surface area contributed by atoms with Gasteiger partial charge in [-0.1, -0.05) is 23.8 Å². The van der Waals surface area contributed by atoms with Crippen molar-refractivity contribution >= 4 is 17.9 Å². The van der Waals surface area contributed by atoms with Gasteiger partial charge in [-0.15, -0.1) is 0 Å². The van der Waals surface area contributed by atoms with E-state index in [4.69, 9.17) is 14.2 Å². The molecule has 5 nitrogen and oxygen atoms in total. The number of fused-ring (bicyclic) bond motifs is 1. The van der Waals surface area contributed by atoms with Crippen LogP contribution in [0.15, 0.2) is 54.1 Å². The lowest BCUT2D eigenvalue weighted by Crippen LogP contribution is -2.31. The Labute approximate surface area is 189 Å². The van der Waals surface area contributed by atoms with E-state index in [9.17, 15) is 9.90 Å². The van der Waals surface area contributed by atoms with Crippen molar-refractivity contribution in [1.82, 2.24) is 0 Å². The number of phenolic OH excluding ortho intramolecular Hbond substituents is 1. The van der Waals surface area contributed by atoms with Gasteiger partial charge in [0.2, 0.25) is 0 Å². The van der Waals surface area contributed by atoms with E-state index in [0.717, 1.165) is 18.4 Å². The quantitative estimate of drug-likeness (QED) is 0.304. The molecule has 1 aliphatic heterocycles. The predicted molar refractivity (Wildman–Crippen MR) is 128 cm³/mol. The monoisotopic (exact) mass is 434 g/mol. The molecule has 1 N–H and O–H groups in total. The van der Waals surface area contributed by atoms with Crippen LogP contribution in [0, 0.1) is 0 Å². The van der Waals surface area contributed by atoms with Crippen LogP contribution in [-0.2, 0) is 0 Å². The number of hydrogen-bond acceptors (Lipinski definition) is 5. The van der Waals surface area contributed by atoms with Gasteiger partial charge in [0.05, 0.1) is 25.3 Å². The lowest BCUT2D eigenvalue weighted by molar-refractivity contribution is 0.104. The highest BCUT2D eigenvalue weighted by molar-refractivity contribution is 6.09. The highest BCUT2D eigenvalue weighted by Crippen LogP contribution is 2.40. The van der Waals surface area contributed by atoms with Crippen molar-refractivity contribution in [2.24, 2.45) is 0 Å². The van der Waals surface area contributed by atoms with Crippen molar-refractivity contribution in [3.63, 3.8) is 0 Å². The minimum absolute atomic E-state index is 0.0768. The van der Waals surface area contributed by atoms with Gasteiger partial charge < -0.3 is 19.3 Å². The number of allylic oxidation sites excluding steroid dienone is 3. The number of benzene rings is 2. The van der Waals surface area contributed by atoms with Crippen LogP contribution in [0.3, 0.4) is 0 Å². The van der Waals surface area contributed by atoms with Crippen LogP contribution in [0.2, 0.25) is 0 Å². The maximum atomic E-state index is 12.8. The summed E-state index contributed by atoms with van der Waals surface area (Å²) in [4.78, 5) is 12.8. The van der Waals surface area contributed by atoms with Gasteiger partial charge in [-0.3, -0.25) is 4.79 Å². The topological polar surface area (TPSA) is 65.0 Å². The summed E-state index contributed by atoms with van der Waals surface area (Å²) in [5, 5.41) is 10.7. The molecule has 32 heavy (non-hydrogen) atoms. The molecule has 1 atom stereocenters. The van der Waals surface area contributed by atoms with Gasteiger partial charge in [0.15, 0.2) is 17.3 Å². The first-order valence-corrected chi connectivity index (χ1v) is 10.6. The van der Waals surface area contributed by atoms with Crippen molar-refractivity contribution in [3.05, 3.63) is 70.8 Å². The summed E-state index contributed by atoms with van der Waals surface area (Å²) in [6, 6.07) is 8.73. The van der Waals surface area contributed by atoms with Crippen LogP contribution in [0.1, 0.15) is 55.1 Å². The number of hydrogen-bond donors (Lipinski definition) is 1. The van der Waals surface area contributed by atoms with Crippen LogP contribution in [-0.4, -0.2) is 30.7 Å². The highest BCUT2D eigenvalue weighted by Gasteiger charge is 2.29. The Bertz CT molecular complexity index is 1090. The molecule has 5 heteroatoms. The van der Waals surface area contributed by atoms with Crippen molar-refractivity contribution in [1.29, 1.82) is 0 Å². The van der Waals surface area contributed by atoms with E-state index in [-0.39, 0.29) is 17.1 Å². The van der Waals surface area contributed by atoms with Gasteiger partial charge in [-0.05, 0) is 81.7 Å². The van der Waals surface area contributed by atoms with E-state index >= 15 is 0 Å². The minimum atomic E-state index is -0.454. The van der Waals surface area contributed by atoms with E-state index in [2.05, 4.69) is 19.9 Å². The van der Waals surface area contributed by atoms with E-state index < -0.39 is 5.60 Å². The predicted octanol–water partition coefficient (Wildman–Crippen LogP) is 6.22. The zero-order valence-corrected chi connectivity index (χ0v) is 19.3. The molecule has 0 radical (unpaired) electrons. The molecule has 1 unspecified atom stereocenters. The number of ketones is 1. The van der Waals surface area contributed by atoms with Crippen molar-refractivity contribution in [2.75, 3.05) is 14.2 Å². The van der Waals surface area contributed by atoms with Crippen LogP contribution in [0.25, 0.3) is 12.2 Å². The van der Waals surface area contributed by atoms with Gasteiger partial charge in [0.25, 0.3) is 0 Å². The molecule has 0 bridgehead atoms. The van der Waals surface area contributed by atoms with Crippen LogP contribution < -0.4 is 14.2 Å². The number of rotatable bonds is 8. The summed E-state index contributed by atoms with van der Waals surface area (Å²) in [6.45, 7) is 6.17. The van der Waals surface area contributed by atoms with E-state index in [1.807, 2.05) is 25.1 Å². The Morgan fingerprint density at radius 2 is 1.88 bits per heavy atom. The summed E-state index contributed by atoms with van der Waals surface area (Å²) >= 11 is 0. The molecule has 168 valence electrons. The van der Waals surface area contributed by atoms with E-state index in [0.29, 0.717) is 22.8 Å². The molecular formula is C27H30O5. The third-order valence-corrected chi connectivity index (χ3v) is 5.42. The van der Waals surface area contributed by atoms with Crippen LogP contribution in [0.4, 0.5) is 0 Å². The molecule has 1 heterocycles.